The van der Waals surface area contributed by atoms with Gasteiger partial charge in [0.15, 0.2) is 5.65 Å². The van der Waals surface area contributed by atoms with Gasteiger partial charge < -0.3 is 15.0 Å². The number of amides is 2. The van der Waals surface area contributed by atoms with Crippen LogP contribution in [-0.4, -0.2) is 59.6 Å². The van der Waals surface area contributed by atoms with Crippen molar-refractivity contribution in [1.82, 2.24) is 24.2 Å². The van der Waals surface area contributed by atoms with Crippen LogP contribution in [0.25, 0.3) is 11.2 Å². The summed E-state index contributed by atoms with van der Waals surface area (Å²) in [5, 5.41) is 2.94. The van der Waals surface area contributed by atoms with Crippen LogP contribution < -0.4 is 5.32 Å². The van der Waals surface area contributed by atoms with Gasteiger partial charge in [0.05, 0.1) is 39.0 Å². The summed E-state index contributed by atoms with van der Waals surface area (Å²) in [7, 11) is -2.82. The van der Waals surface area contributed by atoms with Crippen molar-refractivity contribution in [1.29, 1.82) is 0 Å². The van der Waals surface area contributed by atoms with E-state index in [9.17, 15) is 13.8 Å². The molecule has 0 aliphatic carbocycles. The van der Waals surface area contributed by atoms with E-state index in [1.54, 1.807) is 27.3 Å². The third-order valence-corrected chi connectivity index (χ3v) is 8.44. The van der Waals surface area contributed by atoms with Crippen molar-refractivity contribution in [2.24, 2.45) is 11.8 Å². The first-order valence-corrected chi connectivity index (χ1v) is 14.1. The summed E-state index contributed by atoms with van der Waals surface area (Å²) in [6, 6.07) is 9.17. The van der Waals surface area contributed by atoms with Gasteiger partial charge in [0.1, 0.15) is 11.1 Å². The van der Waals surface area contributed by atoms with Crippen LogP contribution in [0.1, 0.15) is 45.4 Å². The van der Waals surface area contributed by atoms with Crippen molar-refractivity contribution in [2.75, 3.05) is 13.1 Å². The lowest BCUT2D eigenvalue weighted by Gasteiger charge is -2.36. The summed E-state index contributed by atoms with van der Waals surface area (Å²) in [4.78, 5) is 36.8. The fourth-order valence-electron chi connectivity index (χ4n) is 4.33. The van der Waals surface area contributed by atoms with E-state index < -0.39 is 21.4 Å². The van der Waals surface area contributed by atoms with E-state index in [0.29, 0.717) is 34.8 Å². The first-order chi connectivity index (χ1) is 17.3. The van der Waals surface area contributed by atoms with Gasteiger partial charge in [-0.15, -0.1) is 0 Å². The molecule has 2 amide bonds. The lowest BCUT2D eigenvalue weighted by atomic mass is 9.86. The van der Waals surface area contributed by atoms with Crippen LogP contribution in [0.15, 0.2) is 47.6 Å². The van der Waals surface area contributed by atoms with Gasteiger partial charge in [-0.3, -0.25) is 8.77 Å². The van der Waals surface area contributed by atoms with E-state index in [0.717, 1.165) is 12.0 Å². The van der Waals surface area contributed by atoms with Crippen LogP contribution in [0.2, 0.25) is 0 Å². The maximum absolute atomic E-state index is 13.5. The molecule has 1 fully saturated rings. The first kappa shape index (κ1) is 26.7. The highest BCUT2D eigenvalue weighted by molar-refractivity contribution is 7.99. The molecule has 1 aliphatic rings. The maximum atomic E-state index is 13.5. The molecule has 9 nitrogen and oxygen atoms in total. The largest absolute Gasteiger partial charge is 0.444 e. The molecular weight excluding hydrogens is 490 g/mol. The Labute approximate surface area is 218 Å². The Balaban J connectivity index is 1.44. The van der Waals surface area contributed by atoms with Crippen molar-refractivity contribution in [3.8, 4) is 0 Å². The second-order valence-electron chi connectivity index (χ2n) is 10.7. The quantitative estimate of drug-likeness (QED) is 0.508. The number of aromatic nitrogens is 3. The van der Waals surface area contributed by atoms with Crippen molar-refractivity contribution in [2.45, 2.75) is 58.1 Å². The van der Waals surface area contributed by atoms with Gasteiger partial charge in [-0.25, -0.2) is 19.0 Å². The zero-order chi connectivity index (χ0) is 27.0. The topological polar surface area (TPSA) is 106 Å². The van der Waals surface area contributed by atoms with Crippen LogP contribution in [0.4, 0.5) is 4.79 Å². The van der Waals surface area contributed by atoms with Crippen molar-refractivity contribution in [3.63, 3.8) is 0 Å². The fraction of sp³-hybridized carbons (Fsp3) is 0.444. The lowest BCUT2D eigenvalue weighted by molar-refractivity contribution is -0.128. The second-order valence-corrected chi connectivity index (χ2v) is 12.8. The molecular formula is C27H35N5O4S. The Morgan fingerprint density at radius 2 is 1.92 bits per heavy atom. The molecule has 1 aromatic carbocycles. The SMILES string of the molecule is C=S(=O)(c1ccc(C)cc1)n1ccc2nc(CNC(=O)[C@H]3CN(C(=O)OC(C)(C)C)CC[C@H]3C)cnc21. The normalized spacial score (nSPS) is 19.9. The monoisotopic (exact) mass is 525 g/mol. The molecule has 2 aromatic heterocycles. The zero-order valence-electron chi connectivity index (χ0n) is 22.1. The Bertz CT molecular complexity index is 1410. The molecule has 0 radical (unpaired) electrons. The number of rotatable bonds is 5. The van der Waals surface area contributed by atoms with Gasteiger partial charge in [0.25, 0.3) is 0 Å². The number of benzene rings is 1. The number of aryl methyl sites for hydroxylation is 1. The number of piperidine rings is 1. The number of carbonyl (C=O) groups excluding carboxylic acids is 2. The van der Waals surface area contributed by atoms with Gasteiger partial charge >= 0.3 is 6.09 Å². The van der Waals surface area contributed by atoms with Gasteiger partial charge in [0.2, 0.25) is 5.91 Å². The van der Waals surface area contributed by atoms with Gasteiger partial charge in [-0.05, 0) is 64.1 Å². The highest BCUT2D eigenvalue weighted by Gasteiger charge is 2.35. The Hall–Kier alpha value is -3.40. The third-order valence-electron chi connectivity index (χ3n) is 6.50. The average molecular weight is 526 g/mol. The highest BCUT2D eigenvalue weighted by Crippen LogP contribution is 2.25. The molecule has 37 heavy (non-hydrogen) atoms. The molecule has 0 saturated carbocycles. The predicted octanol–water partition coefficient (Wildman–Crippen LogP) is 3.79. The van der Waals surface area contributed by atoms with Gasteiger partial charge in [-0.1, -0.05) is 24.6 Å². The van der Waals surface area contributed by atoms with E-state index in [4.69, 9.17) is 4.74 Å². The van der Waals surface area contributed by atoms with Crippen molar-refractivity contribution in [3.05, 3.63) is 54.0 Å². The molecule has 1 unspecified atom stereocenters. The predicted molar refractivity (Wildman–Crippen MR) is 145 cm³/mol. The molecule has 1 saturated heterocycles. The average Bonchev–Trinajstić information content (AvgIpc) is 3.26. The molecule has 3 aromatic rings. The smallest absolute Gasteiger partial charge is 0.410 e. The Kier molecular flexibility index (Phi) is 7.32. The van der Waals surface area contributed by atoms with Gasteiger partial charge in [0, 0.05) is 19.3 Å². The summed E-state index contributed by atoms with van der Waals surface area (Å²) in [6.07, 6.45) is 3.57. The molecule has 10 heteroatoms. The van der Waals surface area contributed by atoms with Crippen molar-refractivity contribution >= 4 is 38.7 Å². The van der Waals surface area contributed by atoms with Gasteiger partial charge in [-0.2, -0.15) is 0 Å². The summed E-state index contributed by atoms with van der Waals surface area (Å²) < 4.78 is 20.6. The lowest BCUT2D eigenvalue weighted by Crippen LogP contribution is -2.49. The summed E-state index contributed by atoms with van der Waals surface area (Å²) in [5.74, 6) is 3.62. The summed E-state index contributed by atoms with van der Waals surface area (Å²) >= 11 is 0. The standard InChI is InChI=1S/C27H35N5O4S/c1-18-7-9-21(10-8-18)37(6,35)32-14-12-23-24(32)28-15-20(30-23)16-29-25(33)22-17-31(13-11-19(22)2)26(34)36-27(3,4)5/h7-10,12,14-15,19,22H,6,11,13,16-17H2,1-5H3,(H,29,33)/t19-,22+,37?/m1/s1. The summed E-state index contributed by atoms with van der Waals surface area (Å²) in [5.41, 5.74) is 2.09. The molecule has 0 spiro atoms. The zero-order valence-corrected chi connectivity index (χ0v) is 22.9. The number of nitrogens with one attached hydrogen (secondary N) is 1. The number of hydrogen-bond acceptors (Lipinski definition) is 6. The molecule has 198 valence electrons. The van der Waals surface area contributed by atoms with Crippen LogP contribution >= 0.6 is 0 Å². The Morgan fingerprint density at radius 1 is 1.22 bits per heavy atom. The second kappa shape index (κ2) is 10.2. The molecule has 0 bridgehead atoms. The molecule has 3 heterocycles. The minimum atomic E-state index is -2.82. The number of nitrogens with zero attached hydrogens (tertiary/aromatic N) is 4. The van der Waals surface area contributed by atoms with Crippen LogP contribution in [-0.2, 0) is 25.8 Å². The number of ether oxygens (including phenoxy) is 1. The first-order valence-electron chi connectivity index (χ1n) is 12.4. The minimum absolute atomic E-state index is 0.133. The fourth-order valence-corrected chi connectivity index (χ4v) is 5.79. The third kappa shape index (κ3) is 5.95. The van der Waals surface area contributed by atoms with E-state index >= 15 is 0 Å². The molecule has 1 aliphatic heterocycles. The van der Waals surface area contributed by atoms with Crippen LogP contribution in [0.3, 0.4) is 0 Å². The van der Waals surface area contributed by atoms with E-state index in [1.165, 1.54) is 0 Å². The molecule has 4 rings (SSSR count). The van der Waals surface area contributed by atoms with E-state index in [-0.39, 0.29) is 24.3 Å². The van der Waals surface area contributed by atoms with Crippen molar-refractivity contribution < 1.29 is 18.5 Å². The number of likely N-dealkylation sites (tertiary alicyclic amines) is 1. The van der Waals surface area contributed by atoms with Crippen LogP contribution in [0, 0.1) is 18.8 Å². The van der Waals surface area contributed by atoms with E-state index in [2.05, 4.69) is 21.2 Å². The minimum Gasteiger partial charge on any atom is -0.444 e. The maximum Gasteiger partial charge on any atom is 0.410 e. The molecule has 1 N–H and O–H groups in total. The number of carbonyl (C=O) groups is 2. The summed E-state index contributed by atoms with van der Waals surface area (Å²) in [6.45, 7) is 10.5. The number of hydrogen-bond donors (Lipinski definition) is 1. The number of fused-ring (bicyclic) bond motifs is 1. The highest BCUT2D eigenvalue weighted by atomic mass is 32.2. The Morgan fingerprint density at radius 3 is 2.59 bits per heavy atom. The van der Waals surface area contributed by atoms with E-state index in [1.807, 2.05) is 58.9 Å². The molecule has 3 atom stereocenters. The van der Waals surface area contributed by atoms with Crippen LogP contribution in [0.5, 0.6) is 0 Å².